The van der Waals surface area contributed by atoms with Crippen molar-refractivity contribution in [2.45, 2.75) is 52.7 Å². The van der Waals surface area contributed by atoms with E-state index in [1.807, 2.05) is 24.3 Å². The number of carbonyl (C=O) groups excluding carboxylic acids is 1. The SMILES string of the molecule is CC(C)CC(C)OCCCC(=O)Nc1cccc(CN)c1. The quantitative estimate of drug-likeness (QED) is 0.686. The molecule has 0 aliphatic carbocycles. The van der Waals surface area contributed by atoms with Gasteiger partial charge in [0.05, 0.1) is 6.10 Å². The van der Waals surface area contributed by atoms with Crippen LogP contribution in [-0.2, 0) is 16.1 Å². The van der Waals surface area contributed by atoms with Crippen LogP contribution in [0.25, 0.3) is 0 Å². The third kappa shape index (κ3) is 7.83. The number of nitrogens with two attached hydrogens (primary N) is 1. The summed E-state index contributed by atoms with van der Waals surface area (Å²) in [6.45, 7) is 7.55. The van der Waals surface area contributed by atoms with Gasteiger partial charge in [0.1, 0.15) is 0 Å². The minimum absolute atomic E-state index is 0.0179. The standard InChI is InChI=1S/C17H28N2O2/c1-13(2)10-14(3)21-9-5-8-17(20)19-16-7-4-6-15(11-16)12-18/h4,6-7,11,13-14H,5,8-10,12,18H2,1-3H3,(H,19,20). The van der Waals surface area contributed by atoms with Crippen LogP contribution in [0.1, 0.15) is 45.6 Å². The van der Waals surface area contributed by atoms with Crippen LogP contribution in [-0.4, -0.2) is 18.6 Å². The molecule has 0 radical (unpaired) electrons. The first-order valence-electron chi connectivity index (χ1n) is 7.71. The number of carbonyl (C=O) groups is 1. The van der Waals surface area contributed by atoms with Gasteiger partial charge in [-0.3, -0.25) is 4.79 Å². The predicted molar refractivity (Wildman–Crippen MR) is 87.1 cm³/mol. The summed E-state index contributed by atoms with van der Waals surface area (Å²) in [6.07, 6.45) is 2.53. The Balaban J connectivity index is 2.22. The molecule has 4 heteroatoms. The molecule has 0 heterocycles. The number of rotatable bonds is 9. The van der Waals surface area contributed by atoms with Gasteiger partial charge in [0, 0.05) is 25.3 Å². The van der Waals surface area contributed by atoms with E-state index in [1.54, 1.807) is 0 Å². The molecule has 4 nitrogen and oxygen atoms in total. The smallest absolute Gasteiger partial charge is 0.224 e. The molecule has 1 atom stereocenters. The number of hydrogen-bond acceptors (Lipinski definition) is 3. The summed E-state index contributed by atoms with van der Waals surface area (Å²) in [7, 11) is 0. The molecular weight excluding hydrogens is 264 g/mol. The first-order valence-corrected chi connectivity index (χ1v) is 7.71. The van der Waals surface area contributed by atoms with Crippen molar-refractivity contribution in [1.29, 1.82) is 0 Å². The molecule has 1 aromatic carbocycles. The van der Waals surface area contributed by atoms with Crippen LogP contribution in [0.15, 0.2) is 24.3 Å². The Labute approximate surface area is 128 Å². The van der Waals surface area contributed by atoms with Crippen molar-refractivity contribution in [3.63, 3.8) is 0 Å². The maximum atomic E-state index is 11.8. The Morgan fingerprint density at radius 1 is 1.33 bits per heavy atom. The van der Waals surface area contributed by atoms with Gasteiger partial charge in [-0.1, -0.05) is 26.0 Å². The van der Waals surface area contributed by atoms with Crippen molar-refractivity contribution in [2.75, 3.05) is 11.9 Å². The van der Waals surface area contributed by atoms with Crippen LogP contribution in [0.5, 0.6) is 0 Å². The molecule has 0 aliphatic rings. The monoisotopic (exact) mass is 292 g/mol. The molecule has 3 N–H and O–H groups in total. The fourth-order valence-corrected chi connectivity index (χ4v) is 2.25. The highest BCUT2D eigenvalue weighted by atomic mass is 16.5. The summed E-state index contributed by atoms with van der Waals surface area (Å²) in [5.41, 5.74) is 7.40. The number of hydrogen-bond donors (Lipinski definition) is 2. The lowest BCUT2D eigenvalue weighted by Gasteiger charge is -2.15. The van der Waals surface area contributed by atoms with Crippen LogP contribution in [0.4, 0.5) is 5.69 Å². The van der Waals surface area contributed by atoms with Crippen molar-refractivity contribution in [3.8, 4) is 0 Å². The van der Waals surface area contributed by atoms with Crippen molar-refractivity contribution in [1.82, 2.24) is 0 Å². The molecule has 0 bridgehead atoms. The second-order valence-electron chi connectivity index (χ2n) is 5.87. The van der Waals surface area contributed by atoms with Crippen LogP contribution in [0.2, 0.25) is 0 Å². The molecule has 0 spiro atoms. The second kappa shape index (κ2) is 9.53. The van der Waals surface area contributed by atoms with Gasteiger partial charge in [-0.05, 0) is 43.4 Å². The molecular formula is C17H28N2O2. The maximum Gasteiger partial charge on any atom is 0.224 e. The average molecular weight is 292 g/mol. The number of anilines is 1. The minimum atomic E-state index is 0.0179. The average Bonchev–Trinajstić information content (AvgIpc) is 2.43. The highest BCUT2D eigenvalue weighted by Gasteiger charge is 2.06. The summed E-state index contributed by atoms with van der Waals surface area (Å²) < 4.78 is 5.69. The van der Waals surface area contributed by atoms with Gasteiger partial charge in [0.2, 0.25) is 5.91 Å². The molecule has 0 saturated heterocycles. The van der Waals surface area contributed by atoms with E-state index in [-0.39, 0.29) is 12.0 Å². The molecule has 1 aromatic rings. The summed E-state index contributed by atoms with van der Waals surface area (Å²) >= 11 is 0. The number of ether oxygens (including phenoxy) is 1. The van der Waals surface area contributed by atoms with Gasteiger partial charge < -0.3 is 15.8 Å². The third-order valence-electron chi connectivity index (χ3n) is 3.20. The Morgan fingerprint density at radius 3 is 2.76 bits per heavy atom. The van der Waals surface area contributed by atoms with Gasteiger partial charge in [0.15, 0.2) is 0 Å². The lowest BCUT2D eigenvalue weighted by molar-refractivity contribution is -0.116. The van der Waals surface area contributed by atoms with Gasteiger partial charge >= 0.3 is 0 Å². The van der Waals surface area contributed by atoms with E-state index in [2.05, 4.69) is 26.1 Å². The molecule has 0 aromatic heterocycles. The fourth-order valence-electron chi connectivity index (χ4n) is 2.25. The van der Waals surface area contributed by atoms with Crippen LogP contribution < -0.4 is 11.1 Å². The summed E-state index contributed by atoms with van der Waals surface area (Å²) in [5, 5.41) is 2.89. The van der Waals surface area contributed by atoms with Crippen LogP contribution in [0.3, 0.4) is 0 Å². The number of amides is 1. The minimum Gasteiger partial charge on any atom is -0.378 e. The van der Waals surface area contributed by atoms with E-state index < -0.39 is 0 Å². The Kier molecular flexibility index (Phi) is 8.01. The van der Waals surface area contributed by atoms with Crippen molar-refractivity contribution in [2.24, 2.45) is 11.7 Å². The molecule has 0 saturated carbocycles. The number of benzene rings is 1. The predicted octanol–water partition coefficient (Wildman–Crippen LogP) is 3.32. The largest absolute Gasteiger partial charge is 0.378 e. The highest BCUT2D eigenvalue weighted by Crippen LogP contribution is 2.11. The third-order valence-corrected chi connectivity index (χ3v) is 3.20. The normalized spacial score (nSPS) is 12.4. The molecule has 1 unspecified atom stereocenters. The zero-order valence-corrected chi connectivity index (χ0v) is 13.4. The van der Waals surface area contributed by atoms with E-state index in [9.17, 15) is 4.79 Å². The lowest BCUT2D eigenvalue weighted by Crippen LogP contribution is -2.15. The topological polar surface area (TPSA) is 64.3 Å². The second-order valence-corrected chi connectivity index (χ2v) is 5.87. The zero-order chi connectivity index (χ0) is 15.7. The number of nitrogens with one attached hydrogen (secondary N) is 1. The Hall–Kier alpha value is -1.39. The van der Waals surface area contributed by atoms with E-state index in [0.29, 0.717) is 25.5 Å². The van der Waals surface area contributed by atoms with Gasteiger partial charge in [-0.2, -0.15) is 0 Å². The van der Waals surface area contributed by atoms with E-state index >= 15 is 0 Å². The summed E-state index contributed by atoms with van der Waals surface area (Å²) in [4.78, 5) is 11.8. The van der Waals surface area contributed by atoms with Gasteiger partial charge in [-0.25, -0.2) is 0 Å². The molecule has 0 fully saturated rings. The summed E-state index contributed by atoms with van der Waals surface area (Å²) in [6, 6.07) is 7.62. The molecule has 1 amide bonds. The summed E-state index contributed by atoms with van der Waals surface area (Å²) in [5.74, 6) is 0.655. The van der Waals surface area contributed by atoms with E-state index in [1.165, 1.54) is 0 Å². The first kappa shape index (κ1) is 17.7. The Morgan fingerprint density at radius 2 is 2.10 bits per heavy atom. The van der Waals surface area contributed by atoms with Crippen LogP contribution in [0, 0.1) is 5.92 Å². The van der Waals surface area contributed by atoms with Crippen molar-refractivity contribution in [3.05, 3.63) is 29.8 Å². The van der Waals surface area contributed by atoms with Crippen molar-refractivity contribution >= 4 is 11.6 Å². The van der Waals surface area contributed by atoms with Gasteiger partial charge in [0.25, 0.3) is 0 Å². The van der Waals surface area contributed by atoms with Crippen LogP contribution >= 0.6 is 0 Å². The lowest BCUT2D eigenvalue weighted by atomic mass is 10.1. The maximum absolute atomic E-state index is 11.8. The molecule has 21 heavy (non-hydrogen) atoms. The molecule has 0 aliphatic heterocycles. The first-order chi connectivity index (χ1) is 10.0. The van der Waals surface area contributed by atoms with E-state index in [4.69, 9.17) is 10.5 Å². The highest BCUT2D eigenvalue weighted by molar-refractivity contribution is 5.90. The van der Waals surface area contributed by atoms with E-state index in [0.717, 1.165) is 24.1 Å². The fraction of sp³-hybridized carbons (Fsp3) is 0.588. The zero-order valence-electron chi connectivity index (χ0n) is 13.4. The Bertz CT molecular complexity index is 433. The molecule has 118 valence electrons. The molecule has 1 rings (SSSR count). The van der Waals surface area contributed by atoms with Crippen molar-refractivity contribution < 1.29 is 9.53 Å². The van der Waals surface area contributed by atoms with Gasteiger partial charge in [-0.15, -0.1) is 0 Å².